The van der Waals surface area contributed by atoms with Crippen molar-refractivity contribution in [1.82, 2.24) is 0 Å². The molecule has 1 aliphatic carbocycles. The maximum atomic E-state index is 5.80. The van der Waals surface area contributed by atoms with Gasteiger partial charge in [-0.3, -0.25) is 0 Å². The molecule has 0 spiro atoms. The predicted molar refractivity (Wildman–Crippen MR) is 62.3 cm³/mol. The monoisotopic (exact) mass is 205 g/mol. The number of nitrogens with two attached hydrogens (primary N) is 1. The molecule has 0 fully saturated rings. The first-order chi connectivity index (χ1) is 7.36. The van der Waals surface area contributed by atoms with Crippen LogP contribution in [0.2, 0.25) is 0 Å². The van der Waals surface area contributed by atoms with Gasteiger partial charge in [-0.15, -0.1) is 0 Å². The second kappa shape index (κ2) is 4.67. The second-order valence-corrected chi connectivity index (χ2v) is 4.08. The fourth-order valence-electron chi connectivity index (χ4n) is 2.45. The van der Waals surface area contributed by atoms with Gasteiger partial charge in [0.1, 0.15) is 5.75 Å². The summed E-state index contributed by atoms with van der Waals surface area (Å²) in [5, 5.41) is 0. The van der Waals surface area contributed by atoms with Crippen LogP contribution < -0.4 is 10.5 Å². The first-order valence-corrected chi connectivity index (χ1v) is 5.81. The highest BCUT2D eigenvalue weighted by molar-refractivity contribution is 5.43. The maximum Gasteiger partial charge on any atom is 0.122 e. The summed E-state index contributed by atoms with van der Waals surface area (Å²) in [6, 6.07) is 6.35. The third kappa shape index (κ3) is 2.00. The summed E-state index contributed by atoms with van der Waals surface area (Å²) in [4.78, 5) is 0. The van der Waals surface area contributed by atoms with E-state index in [1.807, 2.05) is 6.92 Å². The molecule has 2 nitrogen and oxygen atoms in total. The highest BCUT2D eigenvalue weighted by atomic mass is 16.5. The Balaban J connectivity index is 2.37. The Morgan fingerprint density at radius 1 is 1.47 bits per heavy atom. The third-order valence-corrected chi connectivity index (χ3v) is 3.17. The summed E-state index contributed by atoms with van der Waals surface area (Å²) < 4.78 is 5.66. The molecule has 0 aromatic heterocycles. The van der Waals surface area contributed by atoms with Crippen molar-refractivity contribution in [1.29, 1.82) is 0 Å². The van der Waals surface area contributed by atoms with Gasteiger partial charge in [-0.1, -0.05) is 12.1 Å². The molecule has 1 aromatic rings. The zero-order valence-corrected chi connectivity index (χ0v) is 9.33. The second-order valence-electron chi connectivity index (χ2n) is 4.08. The highest BCUT2D eigenvalue weighted by Gasteiger charge is 2.21. The highest BCUT2D eigenvalue weighted by Crippen LogP contribution is 2.35. The standard InChI is InChI=1S/C13H19NO/c1-2-15-13-8-4-6-11-10(9-14)5-3-7-12(11)13/h4,6,8,10H,2-3,5,7,9,14H2,1H3. The van der Waals surface area contributed by atoms with Crippen LogP contribution in [-0.4, -0.2) is 13.2 Å². The summed E-state index contributed by atoms with van der Waals surface area (Å²) in [5.41, 5.74) is 8.60. The summed E-state index contributed by atoms with van der Waals surface area (Å²) in [7, 11) is 0. The van der Waals surface area contributed by atoms with E-state index in [1.54, 1.807) is 0 Å². The number of rotatable bonds is 3. The van der Waals surface area contributed by atoms with Crippen LogP contribution >= 0.6 is 0 Å². The van der Waals surface area contributed by atoms with E-state index < -0.39 is 0 Å². The fourth-order valence-corrected chi connectivity index (χ4v) is 2.45. The lowest BCUT2D eigenvalue weighted by Crippen LogP contribution is -2.18. The van der Waals surface area contributed by atoms with Crippen LogP contribution in [0.3, 0.4) is 0 Å². The average Bonchev–Trinajstić information content (AvgIpc) is 2.29. The zero-order valence-electron chi connectivity index (χ0n) is 9.33. The number of fused-ring (bicyclic) bond motifs is 1. The van der Waals surface area contributed by atoms with Crippen molar-refractivity contribution in [2.75, 3.05) is 13.2 Å². The minimum atomic E-state index is 0.536. The van der Waals surface area contributed by atoms with Crippen molar-refractivity contribution in [3.63, 3.8) is 0 Å². The molecule has 0 saturated heterocycles. The van der Waals surface area contributed by atoms with E-state index in [0.717, 1.165) is 25.3 Å². The van der Waals surface area contributed by atoms with E-state index >= 15 is 0 Å². The zero-order chi connectivity index (χ0) is 10.7. The van der Waals surface area contributed by atoms with Crippen molar-refractivity contribution < 1.29 is 4.74 Å². The van der Waals surface area contributed by atoms with Crippen LogP contribution in [0.15, 0.2) is 18.2 Å². The molecule has 82 valence electrons. The molecule has 1 atom stereocenters. The normalized spacial score (nSPS) is 19.7. The van der Waals surface area contributed by atoms with E-state index in [9.17, 15) is 0 Å². The summed E-state index contributed by atoms with van der Waals surface area (Å²) in [6.45, 7) is 3.52. The largest absolute Gasteiger partial charge is 0.494 e. The summed E-state index contributed by atoms with van der Waals surface area (Å²) in [6.07, 6.45) is 3.60. The molecule has 1 unspecified atom stereocenters. The van der Waals surface area contributed by atoms with Crippen LogP contribution in [0.25, 0.3) is 0 Å². The average molecular weight is 205 g/mol. The van der Waals surface area contributed by atoms with Crippen LogP contribution in [-0.2, 0) is 6.42 Å². The fraction of sp³-hybridized carbons (Fsp3) is 0.538. The van der Waals surface area contributed by atoms with Gasteiger partial charge < -0.3 is 10.5 Å². The van der Waals surface area contributed by atoms with Crippen molar-refractivity contribution in [2.24, 2.45) is 5.73 Å². The number of hydrogen-bond donors (Lipinski definition) is 1. The molecule has 0 aliphatic heterocycles. The van der Waals surface area contributed by atoms with Gasteiger partial charge in [-0.25, -0.2) is 0 Å². The van der Waals surface area contributed by atoms with Crippen molar-refractivity contribution in [2.45, 2.75) is 32.1 Å². The first kappa shape index (κ1) is 10.5. The van der Waals surface area contributed by atoms with Gasteiger partial charge in [0.15, 0.2) is 0 Å². The molecule has 2 rings (SSSR count). The van der Waals surface area contributed by atoms with E-state index in [2.05, 4.69) is 18.2 Å². The maximum absolute atomic E-state index is 5.80. The Labute approximate surface area is 91.4 Å². The molecule has 0 heterocycles. The van der Waals surface area contributed by atoms with Gasteiger partial charge >= 0.3 is 0 Å². The van der Waals surface area contributed by atoms with E-state index in [4.69, 9.17) is 10.5 Å². The molecule has 0 bridgehead atoms. The minimum Gasteiger partial charge on any atom is -0.494 e. The summed E-state index contributed by atoms with van der Waals surface area (Å²) >= 11 is 0. The Morgan fingerprint density at radius 3 is 3.07 bits per heavy atom. The van der Waals surface area contributed by atoms with Crippen LogP contribution in [0.5, 0.6) is 5.75 Å². The van der Waals surface area contributed by atoms with Crippen LogP contribution in [0.4, 0.5) is 0 Å². The number of hydrogen-bond acceptors (Lipinski definition) is 2. The lowest BCUT2D eigenvalue weighted by atomic mass is 9.82. The SMILES string of the molecule is CCOc1cccc2c1CCCC2CN. The van der Waals surface area contributed by atoms with Crippen molar-refractivity contribution >= 4 is 0 Å². The first-order valence-electron chi connectivity index (χ1n) is 5.81. The lowest BCUT2D eigenvalue weighted by molar-refractivity contribution is 0.333. The molecule has 0 amide bonds. The smallest absolute Gasteiger partial charge is 0.122 e. The molecule has 2 N–H and O–H groups in total. The van der Waals surface area contributed by atoms with E-state index in [1.165, 1.54) is 24.0 Å². The quantitative estimate of drug-likeness (QED) is 0.822. The molecule has 0 saturated carbocycles. The van der Waals surface area contributed by atoms with Gasteiger partial charge in [0.25, 0.3) is 0 Å². The Hall–Kier alpha value is -1.02. The predicted octanol–water partition coefficient (Wildman–Crippen LogP) is 2.46. The number of ether oxygens (including phenoxy) is 1. The van der Waals surface area contributed by atoms with Gasteiger partial charge in [-0.2, -0.15) is 0 Å². The number of benzene rings is 1. The molecular formula is C13H19NO. The Morgan fingerprint density at radius 2 is 2.33 bits per heavy atom. The molecule has 2 heteroatoms. The minimum absolute atomic E-state index is 0.536. The molecular weight excluding hydrogens is 186 g/mol. The Bertz CT molecular complexity index is 335. The van der Waals surface area contributed by atoms with Gasteiger partial charge in [0, 0.05) is 0 Å². The van der Waals surface area contributed by atoms with Crippen molar-refractivity contribution in [3.8, 4) is 5.75 Å². The molecule has 0 radical (unpaired) electrons. The van der Waals surface area contributed by atoms with Crippen LogP contribution in [0, 0.1) is 0 Å². The summed E-state index contributed by atoms with van der Waals surface area (Å²) in [5.74, 6) is 1.60. The third-order valence-electron chi connectivity index (χ3n) is 3.17. The van der Waals surface area contributed by atoms with Crippen molar-refractivity contribution in [3.05, 3.63) is 29.3 Å². The van der Waals surface area contributed by atoms with E-state index in [0.29, 0.717) is 5.92 Å². The van der Waals surface area contributed by atoms with E-state index in [-0.39, 0.29) is 0 Å². The molecule has 1 aromatic carbocycles. The Kier molecular flexibility index (Phi) is 3.27. The van der Waals surface area contributed by atoms with Gasteiger partial charge in [-0.05, 0) is 55.8 Å². The molecule has 1 aliphatic rings. The molecule has 15 heavy (non-hydrogen) atoms. The van der Waals surface area contributed by atoms with Crippen LogP contribution in [0.1, 0.15) is 36.8 Å². The van der Waals surface area contributed by atoms with Gasteiger partial charge in [0.2, 0.25) is 0 Å². The lowest BCUT2D eigenvalue weighted by Gasteiger charge is -2.26. The topological polar surface area (TPSA) is 35.2 Å². The van der Waals surface area contributed by atoms with Gasteiger partial charge in [0.05, 0.1) is 6.61 Å².